The average Bonchev–Trinajstić information content (AvgIpc) is 2.32. The lowest BCUT2D eigenvalue weighted by atomic mass is 10.2. The summed E-state index contributed by atoms with van der Waals surface area (Å²) in [4.78, 5) is 11.5. The Morgan fingerprint density at radius 1 is 1.57 bits per heavy atom. The van der Waals surface area contributed by atoms with Gasteiger partial charge in [-0.3, -0.25) is 4.79 Å². The van der Waals surface area contributed by atoms with Gasteiger partial charge in [0.25, 0.3) is 0 Å². The van der Waals surface area contributed by atoms with E-state index in [-0.39, 0.29) is 5.97 Å². The molecule has 4 heteroatoms. The van der Waals surface area contributed by atoms with Gasteiger partial charge in [-0.15, -0.1) is 11.3 Å². The molecule has 0 radical (unpaired) electrons. The number of carbonyl (C=O) groups is 1. The van der Waals surface area contributed by atoms with Crippen LogP contribution in [-0.4, -0.2) is 11.6 Å². The SMILES string of the molecule is CC(C)(C)OC(=O)Cc1ccsc1I. The Morgan fingerprint density at radius 2 is 2.21 bits per heavy atom. The van der Waals surface area contributed by atoms with Gasteiger partial charge in [-0.1, -0.05) is 0 Å². The Labute approximate surface area is 102 Å². The molecule has 1 aromatic rings. The number of halogens is 1. The summed E-state index contributed by atoms with van der Waals surface area (Å²) in [6.07, 6.45) is 0.374. The fraction of sp³-hybridized carbons (Fsp3) is 0.500. The van der Waals surface area contributed by atoms with Crippen LogP contribution in [0.5, 0.6) is 0 Å². The molecule has 0 fully saturated rings. The molecule has 14 heavy (non-hydrogen) atoms. The van der Waals surface area contributed by atoms with Crippen LogP contribution in [-0.2, 0) is 16.0 Å². The minimum atomic E-state index is -0.390. The summed E-state index contributed by atoms with van der Waals surface area (Å²) in [6, 6.07) is 1.97. The lowest BCUT2D eigenvalue weighted by Gasteiger charge is -2.19. The Morgan fingerprint density at radius 3 is 2.64 bits per heavy atom. The van der Waals surface area contributed by atoms with E-state index in [1.807, 2.05) is 32.2 Å². The maximum Gasteiger partial charge on any atom is 0.310 e. The number of esters is 1. The van der Waals surface area contributed by atoms with Crippen molar-refractivity contribution >= 4 is 39.9 Å². The van der Waals surface area contributed by atoms with Gasteiger partial charge in [-0.2, -0.15) is 0 Å². The second-order valence-electron chi connectivity index (χ2n) is 3.98. The standard InChI is InChI=1S/C10H13IO2S/c1-10(2,3)13-8(12)6-7-4-5-14-9(7)11/h4-5H,6H2,1-3H3. The first-order valence-corrected chi connectivity index (χ1v) is 6.28. The van der Waals surface area contributed by atoms with Gasteiger partial charge in [0.05, 0.1) is 9.30 Å². The zero-order chi connectivity index (χ0) is 10.8. The molecule has 0 aromatic carbocycles. The van der Waals surface area contributed by atoms with Crippen molar-refractivity contribution in [3.05, 3.63) is 19.9 Å². The third kappa shape index (κ3) is 3.96. The molecule has 1 aromatic heterocycles. The lowest BCUT2D eigenvalue weighted by Crippen LogP contribution is -2.24. The van der Waals surface area contributed by atoms with E-state index in [0.717, 1.165) is 8.45 Å². The van der Waals surface area contributed by atoms with E-state index >= 15 is 0 Å². The highest BCUT2D eigenvalue weighted by molar-refractivity contribution is 14.1. The maximum atomic E-state index is 11.5. The molecule has 1 heterocycles. The summed E-state index contributed by atoms with van der Waals surface area (Å²) in [5.41, 5.74) is 0.670. The molecular formula is C10H13IO2S. The molecule has 2 nitrogen and oxygen atoms in total. The molecule has 0 amide bonds. The predicted octanol–water partition coefficient (Wildman–Crippen LogP) is 3.24. The Hall–Kier alpha value is -0.100. The number of ether oxygens (including phenoxy) is 1. The Bertz CT molecular complexity index is 325. The normalized spacial score (nSPS) is 11.4. The van der Waals surface area contributed by atoms with E-state index in [1.54, 1.807) is 11.3 Å². The van der Waals surface area contributed by atoms with Crippen molar-refractivity contribution in [2.45, 2.75) is 32.8 Å². The zero-order valence-corrected chi connectivity index (χ0v) is 11.4. The summed E-state index contributed by atoms with van der Waals surface area (Å²) >= 11 is 3.88. The van der Waals surface area contributed by atoms with Gasteiger partial charge in [-0.05, 0) is 60.4 Å². The van der Waals surface area contributed by atoms with Gasteiger partial charge in [0.2, 0.25) is 0 Å². The van der Waals surface area contributed by atoms with Gasteiger partial charge in [0.15, 0.2) is 0 Å². The van der Waals surface area contributed by atoms with Crippen LogP contribution in [0, 0.1) is 2.88 Å². The zero-order valence-electron chi connectivity index (χ0n) is 8.46. The number of hydrogen-bond donors (Lipinski definition) is 0. The van der Waals surface area contributed by atoms with Crippen LogP contribution in [0.1, 0.15) is 26.3 Å². The van der Waals surface area contributed by atoms with Crippen LogP contribution in [0.15, 0.2) is 11.4 Å². The molecule has 0 bridgehead atoms. The molecule has 0 unspecified atom stereocenters. The quantitative estimate of drug-likeness (QED) is 0.617. The number of hydrogen-bond acceptors (Lipinski definition) is 3. The van der Waals surface area contributed by atoms with Crippen molar-refractivity contribution in [1.29, 1.82) is 0 Å². The first-order valence-electron chi connectivity index (χ1n) is 4.32. The van der Waals surface area contributed by atoms with E-state index in [4.69, 9.17) is 4.74 Å². The Balaban J connectivity index is 2.54. The largest absolute Gasteiger partial charge is 0.460 e. The number of rotatable bonds is 2. The minimum absolute atomic E-state index is 0.159. The third-order valence-electron chi connectivity index (χ3n) is 1.45. The van der Waals surface area contributed by atoms with Crippen LogP contribution < -0.4 is 0 Å². The molecule has 1 rings (SSSR count). The smallest absolute Gasteiger partial charge is 0.310 e. The molecule has 0 N–H and O–H groups in total. The van der Waals surface area contributed by atoms with Crippen LogP contribution in [0.25, 0.3) is 0 Å². The first kappa shape index (κ1) is 12.0. The van der Waals surface area contributed by atoms with Crippen molar-refractivity contribution in [3.63, 3.8) is 0 Å². The monoisotopic (exact) mass is 324 g/mol. The van der Waals surface area contributed by atoms with E-state index < -0.39 is 5.60 Å². The van der Waals surface area contributed by atoms with E-state index in [9.17, 15) is 4.79 Å². The molecule has 0 atom stereocenters. The summed E-state index contributed by atoms with van der Waals surface area (Å²) in [7, 11) is 0. The summed E-state index contributed by atoms with van der Waals surface area (Å²) in [5.74, 6) is -0.159. The van der Waals surface area contributed by atoms with E-state index in [0.29, 0.717) is 6.42 Å². The average molecular weight is 324 g/mol. The van der Waals surface area contributed by atoms with Crippen molar-refractivity contribution in [2.75, 3.05) is 0 Å². The van der Waals surface area contributed by atoms with Crippen LogP contribution >= 0.6 is 33.9 Å². The Kier molecular flexibility index (Phi) is 3.94. The third-order valence-corrected chi connectivity index (χ3v) is 3.64. The van der Waals surface area contributed by atoms with E-state index in [1.165, 1.54) is 0 Å². The van der Waals surface area contributed by atoms with Gasteiger partial charge in [-0.25, -0.2) is 0 Å². The second-order valence-corrected chi connectivity index (χ2v) is 6.71. The molecule has 0 aliphatic carbocycles. The van der Waals surface area contributed by atoms with Gasteiger partial charge < -0.3 is 4.74 Å². The highest BCUT2D eigenvalue weighted by atomic mass is 127. The lowest BCUT2D eigenvalue weighted by molar-refractivity contribution is -0.153. The second kappa shape index (κ2) is 4.61. The predicted molar refractivity (Wildman–Crippen MR) is 66.6 cm³/mol. The number of thiophene rings is 1. The van der Waals surface area contributed by atoms with Crippen molar-refractivity contribution < 1.29 is 9.53 Å². The minimum Gasteiger partial charge on any atom is -0.460 e. The fourth-order valence-corrected chi connectivity index (χ4v) is 2.43. The van der Waals surface area contributed by atoms with Crippen LogP contribution in [0.4, 0.5) is 0 Å². The molecule has 0 aliphatic heterocycles. The van der Waals surface area contributed by atoms with Crippen molar-refractivity contribution in [2.24, 2.45) is 0 Å². The van der Waals surface area contributed by atoms with E-state index in [2.05, 4.69) is 22.6 Å². The highest BCUT2D eigenvalue weighted by Crippen LogP contribution is 2.20. The van der Waals surface area contributed by atoms with Crippen LogP contribution in [0.2, 0.25) is 0 Å². The molecular weight excluding hydrogens is 311 g/mol. The summed E-state index contributed by atoms with van der Waals surface area (Å²) < 4.78 is 6.39. The molecule has 78 valence electrons. The maximum absolute atomic E-state index is 11.5. The van der Waals surface area contributed by atoms with Gasteiger partial charge in [0.1, 0.15) is 5.60 Å². The first-order chi connectivity index (χ1) is 6.38. The molecule has 0 saturated carbocycles. The molecule has 0 spiro atoms. The highest BCUT2D eigenvalue weighted by Gasteiger charge is 2.17. The van der Waals surface area contributed by atoms with Crippen molar-refractivity contribution in [1.82, 2.24) is 0 Å². The summed E-state index contributed by atoms with van der Waals surface area (Å²) in [5, 5.41) is 1.99. The molecule has 0 aliphatic rings. The van der Waals surface area contributed by atoms with Crippen molar-refractivity contribution in [3.8, 4) is 0 Å². The van der Waals surface area contributed by atoms with Gasteiger partial charge in [0, 0.05) is 0 Å². The molecule has 0 saturated heterocycles. The summed E-state index contributed by atoms with van der Waals surface area (Å²) in [6.45, 7) is 5.64. The van der Waals surface area contributed by atoms with Crippen LogP contribution in [0.3, 0.4) is 0 Å². The topological polar surface area (TPSA) is 26.3 Å². The number of carbonyl (C=O) groups excluding carboxylic acids is 1. The fourth-order valence-electron chi connectivity index (χ4n) is 0.979. The van der Waals surface area contributed by atoms with Gasteiger partial charge >= 0.3 is 5.97 Å².